The first-order valence-electron chi connectivity index (χ1n) is 5.16. The zero-order valence-corrected chi connectivity index (χ0v) is 9.58. The fourth-order valence-corrected chi connectivity index (χ4v) is 1.29. The summed E-state index contributed by atoms with van der Waals surface area (Å²) < 4.78 is 35.7. The van der Waals surface area contributed by atoms with Gasteiger partial charge in [-0.2, -0.15) is 23.7 Å². The molecule has 0 bridgehead atoms. The highest BCUT2D eigenvalue weighted by molar-refractivity contribution is 5.91. The van der Waals surface area contributed by atoms with E-state index in [9.17, 15) is 18.0 Å². The zero-order valence-electron chi connectivity index (χ0n) is 9.58. The Kier molecular flexibility index (Phi) is 4.49. The third-order valence-electron chi connectivity index (χ3n) is 2.18. The van der Waals surface area contributed by atoms with E-state index in [2.05, 4.69) is 5.32 Å². The number of amides is 1. The number of nitriles is 2. The summed E-state index contributed by atoms with van der Waals surface area (Å²) in [6, 6.07) is 7.46. The highest BCUT2D eigenvalue weighted by Crippen LogP contribution is 2.22. The summed E-state index contributed by atoms with van der Waals surface area (Å²) in [5, 5.41) is 19.7. The molecule has 0 fully saturated rings. The van der Waals surface area contributed by atoms with Crippen LogP contribution in [-0.2, 0) is 4.79 Å². The number of nitrogens with zero attached hydrogens (tertiary/aromatic N) is 2. The molecule has 0 aliphatic rings. The third-order valence-corrected chi connectivity index (χ3v) is 2.18. The van der Waals surface area contributed by atoms with Crippen LogP contribution in [0.5, 0.6) is 0 Å². The molecule has 1 aromatic carbocycles. The summed E-state index contributed by atoms with van der Waals surface area (Å²) in [6.07, 6.45) is -6.29. The molecular weight excluding hydrogens is 259 g/mol. The highest BCUT2D eigenvalue weighted by Gasteiger charge is 2.27. The van der Waals surface area contributed by atoms with E-state index in [0.717, 1.165) is 0 Å². The minimum absolute atomic E-state index is 0.0520. The van der Waals surface area contributed by atoms with Crippen LogP contribution in [0.1, 0.15) is 24.0 Å². The number of carbonyl (C=O) groups is 1. The summed E-state index contributed by atoms with van der Waals surface area (Å²) in [4.78, 5) is 11.3. The van der Waals surface area contributed by atoms with Crippen LogP contribution in [0.25, 0.3) is 0 Å². The Morgan fingerprint density at radius 2 is 1.84 bits per heavy atom. The van der Waals surface area contributed by atoms with Gasteiger partial charge < -0.3 is 5.32 Å². The first-order valence-corrected chi connectivity index (χ1v) is 5.16. The lowest BCUT2D eigenvalue weighted by molar-refractivity contribution is -0.142. The van der Waals surface area contributed by atoms with E-state index in [0.29, 0.717) is 0 Å². The minimum Gasteiger partial charge on any atom is -0.326 e. The molecule has 0 aliphatic carbocycles. The van der Waals surface area contributed by atoms with Gasteiger partial charge in [-0.25, -0.2) is 0 Å². The summed E-state index contributed by atoms with van der Waals surface area (Å²) in [5.41, 5.74) is 0.370. The van der Waals surface area contributed by atoms with E-state index >= 15 is 0 Å². The van der Waals surface area contributed by atoms with Gasteiger partial charge in [-0.3, -0.25) is 4.79 Å². The second-order valence-electron chi connectivity index (χ2n) is 3.65. The first-order chi connectivity index (χ1) is 8.85. The second kappa shape index (κ2) is 5.87. The van der Waals surface area contributed by atoms with E-state index in [-0.39, 0.29) is 16.8 Å². The van der Waals surface area contributed by atoms with Gasteiger partial charge in [-0.1, -0.05) is 0 Å². The molecule has 0 aromatic heterocycles. The number of halogens is 3. The van der Waals surface area contributed by atoms with Crippen LogP contribution in [0.4, 0.5) is 18.9 Å². The number of hydrogen-bond acceptors (Lipinski definition) is 3. The lowest BCUT2D eigenvalue weighted by Gasteiger charge is -2.08. The normalized spacial score (nSPS) is 10.4. The molecular formula is C12H8F3N3O. The van der Waals surface area contributed by atoms with Crippen LogP contribution in [0, 0.1) is 22.7 Å². The van der Waals surface area contributed by atoms with E-state index in [1.807, 2.05) is 0 Å². The molecule has 0 radical (unpaired) electrons. The molecule has 0 atom stereocenters. The number of carbonyl (C=O) groups excluding carboxylic acids is 1. The van der Waals surface area contributed by atoms with Crippen LogP contribution in [0.15, 0.2) is 18.2 Å². The largest absolute Gasteiger partial charge is 0.389 e. The van der Waals surface area contributed by atoms with E-state index in [1.165, 1.54) is 18.2 Å². The van der Waals surface area contributed by atoms with Crippen LogP contribution < -0.4 is 5.32 Å². The van der Waals surface area contributed by atoms with E-state index < -0.39 is 24.9 Å². The molecule has 1 N–H and O–H groups in total. The van der Waals surface area contributed by atoms with Gasteiger partial charge in [-0.15, -0.1) is 0 Å². The van der Waals surface area contributed by atoms with Crippen LogP contribution in [-0.4, -0.2) is 12.1 Å². The Morgan fingerprint density at radius 1 is 1.21 bits per heavy atom. The van der Waals surface area contributed by atoms with Crippen molar-refractivity contribution in [2.45, 2.75) is 19.0 Å². The number of benzene rings is 1. The predicted octanol–water partition coefficient (Wildman–Crippen LogP) is 2.71. The molecule has 0 saturated heterocycles. The minimum atomic E-state index is -4.39. The smallest absolute Gasteiger partial charge is 0.326 e. The fraction of sp³-hybridized carbons (Fsp3) is 0.250. The third kappa shape index (κ3) is 4.68. The Labute approximate surface area is 107 Å². The molecule has 7 heteroatoms. The Morgan fingerprint density at radius 3 is 2.37 bits per heavy atom. The Bertz CT molecular complexity index is 567. The van der Waals surface area contributed by atoms with Crippen molar-refractivity contribution in [1.29, 1.82) is 10.5 Å². The maximum atomic E-state index is 11.9. The van der Waals surface area contributed by atoms with Crippen LogP contribution in [0.2, 0.25) is 0 Å². The standard InChI is InChI=1S/C12H8F3N3O/c13-12(14,15)4-3-11(19)18-10-2-1-8(6-16)9(5-10)7-17/h1-2,5H,3-4H2,(H,18,19). The van der Waals surface area contributed by atoms with Crippen molar-refractivity contribution in [3.8, 4) is 12.1 Å². The second-order valence-corrected chi connectivity index (χ2v) is 3.65. The van der Waals surface area contributed by atoms with Crippen molar-refractivity contribution in [2.24, 2.45) is 0 Å². The first kappa shape index (κ1) is 14.5. The van der Waals surface area contributed by atoms with Crippen molar-refractivity contribution in [1.82, 2.24) is 0 Å². The van der Waals surface area contributed by atoms with E-state index in [4.69, 9.17) is 10.5 Å². The molecule has 0 heterocycles. The molecule has 0 saturated carbocycles. The quantitative estimate of drug-likeness (QED) is 0.914. The van der Waals surface area contributed by atoms with Crippen molar-refractivity contribution in [2.75, 3.05) is 5.32 Å². The van der Waals surface area contributed by atoms with Gasteiger partial charge in [0.15, 0.2) is 0 Å². The highest BCUT2D eigenvalue weighted by atomic mass is 19.4. The van der Waals surface area contributed by atoms with Gasteiger partial charge in [0, 0.05) is 12.1 Å². The van der Waals surface area contributed by atoms with Gasteiger partial charge in [0.05, 0.1) is 17.5 Å². The van der Waals surface area contributed by atoms with Gasteiger partial charge in [0.25, 0.3) is 0 Å². The van der Waals surface area contributed by atoms with Gasteiger partial charge in [0.2, 0.25) is 5.91 Å². The number of alkyl halides is 3. The summed E-state index contributed by atoms with van der Waals surface area (Å²) in [7, 11) is 0. The molecule has 0 spiro atoms. The maximum absolute atomic E-state index is 11.9. The number of nitrogens with one attached hydrogen (secondary N) is 1. The summed E-state index contributed by atoms with van der Waals surface area (Å²) in [5.74, 6) is -0.800. The van der Waals surface area contributed by atoms with Crippen molar-refractivity contribution in [3.05, 3.63) is 29.3 Å². The molecule has 1 amide bonds. The van der Waals surface area contributed by atoms with Gasteiger partial charge in [0.1, 0.15) is 12.1 Å². The molecule has 4 nitrogen and oxygen atoms in total. The van der Waals surface area contributed by atoms with Crippen LogP contribution >= 0.6 is 0 Å². The van der Waals surface area contributed by atoms with Crippen molar-refractivity contribution in [3.63, 3.8) is 0 Å². The number of hydrogen-bond donors (Lipinski definition) is 1. The summed E-state index contributed by atoms with van der Waals surface area (Å²) >= 11 is 0. The molecule has 0 unspecified atom stereocenters. The summed E-state index contributed by atoms with van der Waals surface area (Å²) in [6.45, 7) is 0. The molecule has 98 valence electrons. The van der Waals surface area contributed by atoms with Crippen molar-refractivity contribution < 1.29 is 18.0 Å². The van der Waals surface area contributed by atoms with E-state index in [1.54, 1.807) is 12.1 Å². The lowest BCUT2D eigenvalue weighted by atomic mass is 10.1. The van der Waals surface area contributed by atoms with Gasteiger partial charge >= 0.3 is 6.18 Å². The van der Waals surface area contributed by atoms with Crippen molar-refractivity contribution >= 4 is 11.6 Å². The fourth-order valence-electron chi connectivity index (χ4n) is 1.29. The lowest BCUT2D eigenvalue weighted by Crippen LogP contribution is -2.16. The molecule has 1 aromatic rings. The predicted molar refractivity (Wildman–Crippen MR) is 59.8 cm³/mol. The SMILES string of the molecule is N#Cc1ccc(NC(=O)CCC(F)(F)F)cc1C#N. The maximum Gasteiger partial charge on any atom is 0.389 e. The molecule has 19 heavy (non-hydrogen) atoms. The molecule has 0 aliphatic heterocycles. The Hall–Kier alpha value is -2.54. The average Bonchev–Trinajstić information content (AvgIpc) is 2.35. The monoisotopic (exact) mass is 267 g/mol. The number of rotatable bonds is 3. The van der Waals surface area contributed by atoms with Crippen LogP contribution in [0.3, 0.4) is 0 Å². The van der Waals surface area contributed by atoms with Gasteiger partial charge in [-0.05, 0) is 18.2 Å². The average molecular weight is 267 g/mol. The zero-order chi connectivity index (χ0) is 14.5. The Balaban J connectivity index is 2.71. The topological polar surface area (TPSA) is 76.7 Å². The molecule has 1 rings (SSSR count). The number of anilines is 1.